The minimum atomic E-state index is -0.258. The largest absolute Gasteiger partial charge is 0.490 e. The molecule has 6 nitrogen and oxygen atoms in total. The summed E-state index contributed by atoms with van der Waals surface area (Å²) < 4.78 is 23.9. The summed E-state index contributed by atoms with van der Waals surface area (Å²) in [5, 5.41) is 2.89. The molecule has 0 bridgehead atoms. The Kier molecular flexibility index (Phi) is 8.00. The molecule has 0 atom stereocenters. The molecule has 3 aromatic rings. The summed E-state index contributed by atoms with van der Waals surface area (Å²) in [5.41, 5.74) is 1.39. The van der Waals surface area contributed by atoms with Gasteiger partial charge in [-0.15, -0.1) is 0 Å². The van der Waals surface area contributed by atoms with Crippen molar-refractivity contribution in [1.29, 1.82) is 0 Å². The average Bonchev–Trinajstić information content (AvgIpc) is 3.24. The summed E-state index contributed by atoms with van der Waals surface area (Å²) in [7, 11) is 0. The van der Waals surface area contributed by atoms with E-state index in [2.05, 4.69) is 21.2 Å². The molecule has 0 saturated heterocycles. The van der Waals surface area contributed by atoms with Crippen molar-refractivity contribution in [3.8, 4) is 28.6 Å². The van der Waals surface area contributed by atoms with E-state index >= 15 is 0 Å². The first-order chi connectivity index (χ1) is 15.0. The molecule has 0 unspecified atom stereocenters. The molecule has 164 valence electrons. The van der Waals surface area contributed by atoms with Crippen molar-refractivity contribution in [3.63, 3.8) is 0 Å². The molecule has 1 aromatic heterocycles. The van der Waals surface area contributed by atoms with Gasteiger partial charge in [-0.05, 0) is 57.2 Å². The zero-order valence-corrected chi connectivity index (χ0v) is 19.5. The van der Waals surface area contributed by atoms with E-state index in [-0.39, 0.29) is 12.5 Å². The highest BCUT2D eigenvalue weighted by atomic mass is 79.9. The van der Waals surface area contributed by atoms with E-state index in [1.165, 1.54) is 0 Å². The van der Waals surface area contributed by atoms with Crippen molar-refractivity contribution in [2.45, 2.75) is 27.3 Å². The number of halogens is 1. The van der Waals surface area contributed by atoms with Crippen LogP contribution in [0.2, 0.25) is 0 Å². The Labute approximate surface area is 190 Å². The molecule has 2 aromatic carbocycles. The van der Waals surface area contributed by atoms with Gasteiger partial charge in [-0.1, -0.05) is 28.1 Å². The summed E-state index contributed by atoms with van der Waals surface area (Å²) in [6.45, 7) is 7.26. The lowest BCUT2D eigenvalue weighted by Crippen LogP contribution is -2.22. The first-order valence-electron chi connectivity index (χ1n) is 10.2. The number of nitrogens with one attached hydrogen (secondary N) is 1. The molecule has 31 heavy (non-hydrogen) atoms. The van der Waals surface area contributed by atoms with Crippen molar-refractivity contribution < 1.29 is 23.4 Å². The molecular weight excluding hydrogens is 462 g/mol. The van der Waals surface area contributed by atoms with Crippen molar-refractivity contribution in [1.82, 2.24) is 5.32 Å². The monoisotopic (exact) mass is 487 g/mol. The van der Waals surface area contributed by atoms with Gasteiger partial charge in [-0.3, -0.25) is 4.79 Å². The number of benzene rings is 2. The van der Waals surface area contributed by atoms with Crippen LogP contribution in [-0.4, -0.2) is 25.7 Å². The Hall–Kier alpha value is -2.93. The second-order valence-corrected chi connectivity index (χ2v) is 7.47. The van der Waals surface area contributed by atoms with Crippen LogP contribution in [0.4, 0.5) is 0 Å². The predicted octanol–water partition coefficient (Wildman–Crippen LogP) is 5.84. The molecule has 0 spiro atoms. The van der Waals surface area contributed by atoms with Gasteiger partial charge in [-0.25, -0.2) is 0 Å². The van der Waals surface area contributed by atoms with Gasteiger partial charge in [0.15, 0.2) is 11.5 Å². The molecule has 0 fully saturated rings. The minimum Gasteiger partial charge on any atom is -0.490 e. The number of rotatable bonds is 10. The fourth-order valence-corrected chi connectivity index (χ4v) is 3.30. The van der Waals surface area contributed by atoms with Gasteiger partial charge in [0.25, 0.3) is 5.91 Å². The summed E-state index contributed by atoms with van der Waals surface area (Å²) in [6.07, 6.45) is 0. The van der Waals surface area contributed by atoms with Crippen molar-refractivity contribution >= 4 is 21.8 Å². The third kappa shape index (κ3) is 5.82. The maximum Gasteiger partial charge on any atom is 0.251 e. The fourth-order valence-electron chi connectivity index (χ4n) is 3.03. The lowest BCUT2D eigenvalue weighted by molar-refractivity contribution is 0.0947. The number of furan rings is 1. The molecule has 1 amide bonds. The summed E-state index contributed by atoms with van der Waals surface area (Å²) in [5.74, 6) is 2.62. The van der Waals surface area contributed by atoms with Crippen molar-refractivity contribution in [2.24, 2.45) is 0 Å². The maximum atomic E-state index is 12.8. The Bertz CT molecular complexity index is 986. The number of hydrogen-bond acceptors (Lipinski definition) is 5. The quantitative estimate of drug-likeness (QED) is 0.389. The Morgan fingerprint density at radius 1 is 0.903 bits per heavy atom. The number of carbonyl (C=O) groups excluding carboxylic acids is 1. The van der Waals surface area contributed by atoms with E-state index in [0.717, 1.165) is 15.8 Å². The van der Waals surface area contributed by atoms with Gasteiger partial charge in [0.2, 0.25) is 5.75 Å². The van der Waals surface area contributed by atoms with E-state index < -0.39 is 0 Å². The van der Waals surface area contributed by atoms with Crippen LogP contribution in [-0.2, 0) is 6.54 Å². The lowest BCUT2D eigenvalue weighted by atomic mass is 10.1. The summed E-state index contributed by atoms with van der Waals surface area (Å²) in [4.78, 5) is 12.8. The van der Waals surface area contributed by atoms with Crippen molar-refractivity contribution in [2.75, 3.05) is 19.8 Å². The zero-order valence-electron chi connectivity index (χ0n) is 17.9. The van der Waals surface area contributed by atoms with Gasteiger partial charge >= 0.3 is 0 Å². The molecule has 0 aliphatic heterocycles. The van der Waals surface area contributed by atoms with E-state index in [9.17, 15) is 4.79 Å². The highest BCUT2D eigenvalue weighted by molar-refractivity contribution is 9.10. The van der Waals surface area contributed by atoms with E-state index in [4.69, 9.17) is 18.6 Å². The van der Waals surface area contributed by atoms with Gasteiger partial charge in [-0.2, -0.15) is 0 Å². The van der Waals surface area contributed by atoms with Crippen LogP contribution in [0, 0.1) is 0 Å². The smallest absolute Gasteiger partial charge is 0.251 e. The molecule has 7 heteroatoms. The third-order valence-electron chi connectivity index (χ3n) is 4.38. The average molecular weight is 488 g/mol. The molecule has 0 saturated carbocycles. The Morgan fingerprint density at radius 3 is 2.10 bits per heavy atom. The lowest BCUT2D eigenvalue weighted by Gasteiger charge is -2.17. The Balaban J connectivity index is 1.74. The highest BCUT2D eigenvalue weighted by Crippen LogP contribution is 2.39. The number of amides is 1. The van der Waals surface area contributed by atoms with Crippen LogP contribution in [0.3, 0.4) is 0 Å². The standard InChI is InChI=1S/C24H26BrNO5/c1-4-28-21-13-17(14-22(29-5-2)23(21)30-6-3)24(27)26-15-19-11-12-20(31-19)16-7-9-18(25)10-8-16/h7-14H,4-6,15H2,1-3H3,(H,26,27). The fraction of sp³-hybridized carbons (Fsp3) is 0.292. The molecule has 0 aliphatic rings. The molecule has 0 radical (unpaired) electrons. The first kappa shape index (κ1) is 22.7. The third-order valence-corrected chi connectivity index (χ3v) is 4.91. The van der Waals surface area contributed by atoms with Gasteiger partial charge < -0.3 is 23.9 Å². The van der Waals surface area contributed by atoms with Gasteiger partial charge in [0.1, 0.15) is 11.5 Å². The molecule has 1 N–H and O–H groups in total. The number of carbonyl (C=O) groups is 1. The van der Waals surface area contributed by atoms with Crippen LogP contribution in [0.1, 0.15) is 36.9 Å². The van der Waals surface area contributed by atoms with Gasteiger partial charge in [0, 0.05) is 15.6 Å². The molecule has 1 heterocycles. The normalized spacial score (nSPS) is 10.6. The second-order valence-electron chi connectivity index (χ2n) is 6.56. The molecule has 3 rings (SSSR count). The molecule has 0 aliphatic carbocycles. The van der Waals surface area contributed by atoms with Crippen LogP contribution in [0.15, 0.2) is 57.4 Å². The van der Waals surface area contributed by atoms with Crippen LogP contribution in [0.5, 0.6) is 17.2 Å². The number of hydrogen-bond donors (Lipinski definition) is 1. The Morgan fingerprint density at radius 2 is 1.52 bits per heavy atom. The molecular formula is C24H26BrNO5. The highest BCUT2D eigenvalue weighted by Gasteiger charge is 2.18. The summed E-state index contributed by atoms with van der Waals surface area (Å²) in [6, 6.07) is 14.9. The predicted molar refractivity (Wildman–Crippen MR) is 123 cm³/mol. The maximum absolute atomic E-state index is 12.8. The first-order valence-corrected chi connectivity index (χ1v) is 11.0. The van der Waals surface area contributed by atoms with E-state index in [1.807, 2.05) is 57.2 Å². The topological polar surface area (TPSA) is 69.9 Å². The SMILES string of the molecule is CCOc1cc(C(=O)NCc2ccc(-c3ccc(Br)cc3)o2)cc(OCC)c1OCC. The van der Waals surface area contributed by atoms with E-state index in [1.54, 1.807) is 12.1 Å². The minimum absolute atomic E-state index is 0.258. The van der Waals surface area contributed by atoms with Crippen molar-refractivity contribution in [3.05, 3.63) is 64.3 Å². The van der Waals surface area contributed by atoms with E-state index in [0.29, 0.717) is 48.4 Å². The van der Waals surface area contributed by atoms with Gasteiger partial charge in [0.05, 0.1) is 26.4 Å². The zero-order chi connectivity index (χ0) is 22.2. The number of ether oxygens (including phenoxy) is 3. The van der Waals surface area contributed by atoms with Crippen LogP contribution in [0.25, 0.3) is 11.3 Å². The van der Waals surface area contributed by atoms with Crippen LogP contribution >= 0.6 is 15.9 Å². The second kappa shape index (κ2) is 10.9. The van der Waals surface area contributed by atoms with Crippen LogP contribution < -0.4 is 19.5 Å². The summed E-state index contributed by atoms with van der Waals surface area (Å²) >= 11 is 3.42.